The normalized spacial score (nSPS) is 20.6. The molecule has 0 aliphatic heterocycles. The Labute approximate surface area is 80.1 Å². The molecule has 1 aliphatic carbocycles. The molecule has 3 N–H and O–H groups in total. The van der Waals surface area contributed by atoms with E-state index in [0.29, 0.717) is 0 Å². The SMILES string of the molecule is CC(N)C(C)(C)NC(=O)C1CCC1. The predicted octanol–water partition coefficient (Wildman–Crippen LogP) is 1.03. The van der Waals surface area contributed by atoms with E-state index < -0.39 is 0 Å². The van der Waals surface area contributed by atoms with E-state index in [-0.39, 0.29) is 23.4 Å². The molecule has 0 spiro atoms. The lowest BCUT2D eigenvalue weighted by molar-refractivity contribution is -0.129. The van der Waals surface area contributed by atoms with Crippen molar-refractivity contribution in [3.05, 3.63) is 0 Å². The molecule has 3 heteroatoms. The Morgan fingerprint density at radius 1 is 1.54 bits per heavy atom. The second kappa shape index (κ2) is 3.66. The second-order valence-electron chi connectivity index (χ2n) is 4.63. The fourth-order valence-electron chi connectivity index (χ4n) is 1.20. The Morgan fingerprint density at radius 2 is 2.08 bits per heavy atom. The van der Waals surface area contributed by atoms with Crippen LogP contribution in [0.15, 0.2) is 0 Å². The number of rotatable bonds is 3. The number of amides is 1. The van der Waals surface area contributed by atoms with Gasteiger partial charge >= 0.3 is 0 Å². The van der Waals surface area contributed by atoms with Gasteiger partial charge in [0, 0.05) is 17.5 Å². The van der Waals surface area contributed by atoms with E-state index in [1.54, 1.807) is 0 Å². The Hall–Kier alpha value is -0.570. The van der Waals surface area contributed by atoms with Crippen molar-refractivity contribution >= 4 is 5.91 Å². The molecule has 0 radical (unpaired) electrons. The standard InChI is InChI=1S/C10H20N2O/c1-7(11)10(2,3)12-9(13)8-5-4-6-8/h7-8H,4-6,11H2,1-3H3,(H,12,13). The summed E-state index contributed by atoms with van der Waals surface area (Å²) in [7, 11) is 0. The predicted molar refractivity (Wildman–Crippen MR) is 53.2 cm³/mol. The van der Waals surface area contributed by atoms with Crippen LogP contribution in [0.2, 0.25) is 0 Å². The number of nitrogens with two attached hydrogens (primary N) is 1. The topological polar surface area (TPSA) is 55.1 Å². The highest BCUT2D eigenvalue weighted by Crippen LogP contribution is 2.27. The molecule has 1 unspecified atom stereocenters. The molecule has 0 aromatic rings. The van der Waals surface area contributed by atoms with Gasteiger partial charge in [-0.3, -0.25) is 4.79 Å². The number of carbonyl (C=O) groups excluding carboxylic acids is 1. The van der Waals surface area contributed by atoms with Gasteiger partial charge in [-0.25, -0.2) is 0 Å². The number of carbonyl (C=O) groups is 1. The van der Waals surface area contributed by atoms with Crippen molar-refractivity contribution in [3.63, 3.8) is 0 Å². The highest BCUT2D eigenvalue weighted by atomic mass is 16.2. The van der Waals surface area contributed by atoms with Crippen LogP contribution in [0.3, 0.4) is 0 Å². The van der Waals surface area contributed by atoms with E-state index >= 15 is 0 Å². The number of nitrogens with one attached hydrogen (secondary N) is 1. The van der Waals surface area contributed by atoms with Crippen molar-refractivity contribution in [3.8, 4) is 0 Å². The summed E-state index contributed by atoms with van der Waals surface area (Å²) in [5, 5.41) is 2.99. The first kappa shape index (κ1) is 10.5. The van der Waals surface area contributed by atoms with Gasteiger partial charge in [-0.1, -0.05) is 6.42 Å². The molecule has 13 heavy (non-hydrogen) atoms. The van der Waals surface area contributed by atoms with Crippen LogP contribution in [0.5, 0.6) is 0 Å². The lowest BCUT2D eigenvalue weighted by Gasteiger charge is -2.34. The van der Waals surface area contributed by atoms with E-state index in [9.17, 15) is 4.79 Å². The Kier molecular flexibility index (Phi) is 2.96. The first-order chi connectivity index (χ1) is 5.93. The van der Waals surface area contributed by atoms with E-state index in [1.807, 2.05) is 20.8 Å². The highest BCUT2D eigenvalue weighted by Gasteiger charge is 2.31. The summed E-state index contributed by atoms with van der Waals surface area (Å²) in [5.74, 6) is 0.423. The molecule has 1 aliphatic rings. The fourth-order valence-corrected chi connectivity index (χ4v) is 1.20. The lowest BCUT2D eigenvalue weighted by Crippen LogP contribution is -2.56. The maximum Gasteiger partial charge on any atom is 0.223 e. The number of hydrogen-bond donors (Lipinski definition) is 2. The minimum absolute atomic E-state index is 0.0171. The van der Waals surface area contributed by atoms with Gasteiger partial charge in [0.15, 0.2) is 0 Å². The van der Waals surface area contributed by atoms with Crippen molar-refractivity contribution in [1.29, 1.82) is 0 Å². The minimum Gasteiger partial charge on any atom is -0.349 e. The molecule has 3 nitrogen and oxygen atoms in total. The van der Waals surface area contributed by atoms with Gasteiger partial charge < -0.3 is 11.1 Å². The van der Waals surface area contributed by atoms with Crippen LogP contribution < -0.4 is 11.1 Å². The molecule has 1 saturated carbocycles. The Balaban J connectivity index is 2.42. The summed E-state index contributed by atoms with van der Waals surface area (Å²) in [6.07, 6.45) is 3.28. The third-order valence-corrected chi connectivity index (χ3v) is 3.06. The lowest BCUT2D eigenvalue weighted by atomic mass is 9.83. The van der Waals surface area contributed by atoms with E-state index in [1.165, 1.54) is 6.42 Å². The van der Waals surface area contributed by atoms with Crippen LogP contribution in [-0.4, -0.2) is 17.5 Å². The van der Waals surface area contributed by atoms with Crippen molar-refractivity contribution in [2.75, 3.05) is 0 Å². The zero-order valence-corrected chi connectivity index (χ0v) is 8.76. The molecule has 0 saturated heterocycles. The number of hydrogen-bond acceptors (Lipinski definition) is 2. The molecular formula is C10H20N2O. The van der Waals surface area contributed by atoms with Crippen LogP contribution in [0.25, 0.3) is 0 Å². The van der Waals surface area contributed by atoms with Crippen LogP contribution in [0, 0.1) is 5.92 Å². The zero-order chi connectivity index (χ0) is 10.1. The quantitative estimate of drug-likeness (QED) is 0.688. The van der Waals surface area contributed by atoms with Crippen LogP contribution >= 0.6 is 0 Å². The molecule has 1 fully saturated rings. The Morgan fingerprint density at radius 3 is 2.38 bits per heavy atom. The van der Waals surface area contributed by atoms with Crippen LogP contribution in [-0.2, 0) is 4.79 Å². The highest BCUT2D eigenvalue weighted by molar-refractivity contribution is 5.80. The summed E-state index contributed by atoms with van der Waals surface area (Å²) < 4.78 is 0. The smallest absolute Gasteiger partial charge is 0.223 e. The van der Waals surface area contributed by atoms with Gasteiger partial charge in [-0.15, -0.1) is 0 Å². The van der Waals surface area contributed by atoms with E-state index in [2.05, 4.69) is 5.32 Å². The van der Waals surface area contributed by atoms with Crippen molar-refractivity contribution in [2.24, 2.45) is 11.7 Å². The van der Waals surface area contributed by atoms with Gasteiger partial charge in [0.1, 0.15) is 0 Å². The summed E-state index contributed by atoms with van der Waals surface area (Å²) in [4.78, 5) is 11.6. The van der Waals surface area contributed by atoms with Gasteiger partial charge in [0.05, 0.1) is 0 Å². The zero-order valence-electron chi connectivity index (χ0n) is 8.76. The van der Waals surface area contributed by atoms with Crippen molar-refractivity contribution in [2.45, 2.75) is 51.6 Å². The Bertz CT molecular complexity index is 195. The van der Waals surface area contributed by atoms with Crippen molar-refractivity contribution < 1.29 is 4.79 Å². The first-order valence-corrected chi connectivity index (χ1v) is 5.01. The van der Waals surface area contributed by atoms with Gasteiger partial charge in [-0.05, 0) is 33.6 Å². The summed E-state index contributed by atoms with van der Waals surface area (Å²) in [6, 6.07) is -0.0171. The molecule has 0 heterocycles. The van der Waals surface area contributed by atoms with E-state index in [0.717, 1.165) is 12.8 Å². The third kappa shape index (κ3) is 2.44. The molecule has 0 bridgehead atoms. The molecule has 1 atom stereocenters. The maximum atomic E-state index is 11.6. The maximum absolute atomic E-state index is 11.6. The van der Waals surface area contributed by atoms with Gasteiger partial charge in [0.2, 0.25) is 5.91 Å². The summed E-state index contributed by atoms with van der Waals surface area (Å²) in [5.41, 5.74) is 5.48. The summed E-state index contributed by atoms with van der Waals surface area (Å²) >= 11 is 0. The monoisotopic (exact) mass is 184 g/mol. The van der Waals surface area contributed by atoms with E-state index in [4.69, 9.17) is 5.73 Å². The van der Waals surface area contributed by atoms with Gasteiger partial charge in [0.25, 0.3) is 0 Å². The molecule has 1 amide bonds. The third-order valence-electron chi connectivity index (χ3n) is 3.06. The first-order valence-electron chi connectivity index (χ1n) is 5.01. The summed E-state index contributed by atoms with van der Waals surface area (Å²) in [6.45, 7) is 5.85. The second-order valence-corrected chi connectivity index (χ2v) is 4.63. The molecule has 1 rings (SSSR count). The molecule has 76 valence electrons. The minimum atomic E-state index is -0.285. The van der Waals surface area contributed by atoms with Crippen molar-refractivity contribution in [1.82, 2.24) is 5.32 Å². The molecule has 0 aromatic heterocycles. The van der Waals surface area contributed by atoms with Gasteiger partial charge in [-0.2, -0.15) is 0 Å². The molecular weight excluding hydrogens is 164 g/mol. The fraction of sp³-hybridized carbons (Fsp3) is 0.900. The average Bonchev–Trinajstić information content (AvgIpc) is 1.80. The van der Waals surface area contributed by atoms with Crippen LogP contribution in [0.4, 0.5) is 0 Å². The molecule has 0 aromatic carbocycles. The van der Waals surface area contributed by atoms with Crippen LogP contribution in [0.1, 0.15) is 40.0 Å². The average molecular weight is 184 g/mol. The largest absolute Gasteiger partial charge is 0.349 e.